The number of nitrogens with zero attached hydrogens (tertiary/aromatic N) is 5. The summed E-state index contributed by atoms with van der Waals surface area (Å²) in [5.41, 5.74) is 3.68. The molecule has 4 aromatic rings. The summed E-state index contributed by atoms with van der Waals surface area (Å²) in [6.45, 7) is 1.81. The summed E-state index contributed by atoms with van der Waals surface area (Å²) in [4.78, 5) is 6.74. The molecular weight excluding hydrogens is 478 g/mol. The van der Waals surface area contributed by atoms with Gasteiger partial charge in [0.05, 0.1) is 18.3 Å². The van der Waals surface area contributed by atoms with Crippen LogP contribution in [0.15, 0.2) is 47.5 Å². The number of likely N-dealkylation sites (N-methyl/N-ethyl adjacent to an activating group) is 1. The first-order chi connectivity index (χ1) is 16.2. The van der Waals surface area contributed by atoms with Gasteiger partial charge in [-0.1, -0.05) is 29.8 Å². The minimum Gasteiger partial charge on any atom is -0.495 e. The number of ether oxygens (including phenoxy) is 1. The summed E-state index contributed by atoms with van der Waals surface area (Å²) in [6.07, 6.45) is 2.33. The van der Waals surface area contributed by atoms with Gasteiger partial charge in [0, 0.05) is 24.7 Å². The predicted octanol–water partition coefficient (Wildman–Crippen LogP) is 2.86. The fourth-order valence-corrected chi connectivity index (χ4v) is 5.08. The number of nitrogens with one attached hydrogen (secondary N) is 1. The first kappa shape index (κ1) is 22.5. The number of rotatable bonds is 5. The zero-order valence-electron chi connectivity index (χ0n) is 18.5. The van der Waals surface area contributed by atoms with E-state index in [1.54, 1.807) is 31.4 Å². The Balaban J connectivity index is 1.59. The molecular formula is C22H22ClN7O3S. The molecule has 0 spiro atoms. The molecule has 2 aromatic carbocycles. The van der Waals surface area contributed by atoms with Crippen LogP contribution >= 0.6 is 11.6 Å². The second kappa shape index (κ2) is 8.51. The third-order valence-electron chi connectivity index (χ3n) is 5.81. The molecule has 34 heavy (non-hydrogen) atoms. The van der Waals surface area contributed by atoms with Crippen LogP contribution in [-0.4, -0.2) is 53.8 Å². The molecule has 2 aromatic heterocycles. The monoisotopic (exact) mass is 499 g/mol. The summed E-state index contributed by atoms with van der Waals surface area (Å²) in [5, 5.41) is 17.2. The molecule has 0 amide bonds. The Morgan fingerprint density at radius 1 is 1.18 bits per heavy atom. The van der Waals surface area contributed by atoms with Crippen LogP contribution in [0.25, 0.3) is 16.7 Å². The molecule has 10 nitrogen and oxygen atoms in total. The Labute approximate surface area is 201 Å². The van der Waals surface area contributed by atoms with E-state index in [1.807, 2.05) is 12.1 Å². The molecule has 3 N–H and O–H groups in total. The van der Waals surface area contributed by atoms with Gasteiger partial charge in [-0.15, -0.1) is 10.2 Å². The Bertz CT molecular complexity index is 1520. The third-order valence-corrected chi connectivity index (χ3v) is 6.99. The van der Waals surface area contributed by atoms with E-state index in [4.69, 9.17) is 21.5 Å². The Morgan fingerprint density at radius 3 is 2.74 bits per heavy atom. The van der Waals surface area contributed by atoms with Crippen molar-refractivity contribution in [1.82, 2.24) is 24.6 Å². The van der Waals surface area contributed by atoms with E-state index in [1.165, 1.54) is 21.9 Å². The minimum atomic E-state index is -3.97. The van der Waals surface area contributed by atoms with Gasteiger partial charge in [-0.25, -0.2) is 13.6 Å². The topological polar surface area (TPSA) is 128 Å². The molecule has 12 heteroatoms. The first-order valence-corrected chi connectivity index (χ1v) is 12.4. The normalized spacial score (nSPS) is 14.2. The number of nitrogens with two attached hydrogens (primary N) is 1. The van der Waals surface area contributed by atoms with E-state index in [-0.39, 0.29) is 21.8 Å². The second-order valence-electron chi connectivity index (χ2n) is 8.11. The Hall–Kier alpha value is -3.25. The fraction of sp³-hybridized carbons (Fsp3) is 0.227. The van der Waals surface area contributed by atoms with E-state index in [2.05, 4.69) is 32.4 Å². The van der Waals surface area contributed by atoms with Crippen molar-refractivity contribution in [2.45, 2.75) is 17.9 Å². The molecule has 0 fully saturated rings. The zero-order valence-corrected chi connectivity index (χ0v) is 20.1. The maximum atomic E-state index is 12.1. The SMILES string of the molecule is COc1cc2c(cc1Nc1nnc(Cl)c(-n3cc(S(N)(=O)=O)c4ccccc43)n1)CN(C)CC2. The van der Waals surface area contributed by atoms with E-state index in [0.717, 1.165) is 19.5 Å². The number of aromatic nitrogens is 4. The smallest absolute Gasteiger partial charge is 0.249 e. The Kier molecular flexibility index (Phi) is 5.64. The van der Waals surface area contributed by atoms with Gasteiger partial charge in [0.2, 0.25) is 16.0 Å². The first-order valence-electron chi connectivity index (χ1n) is 10.4. The summed E-state index contributed by atoms with van der Waals surface area (Å²) < 4.78 is 31.4. The molecule has 1 aliphatic heterocycles. The molecule has 1 aliphatic rings. The third kappa shape index (κ3) is 4.07. The number of fused-ring (bicyclic) bond motifs is 2. The van der Waals surface area contributed by atoms with Crippen LogP contribution in [0.5, 0.6) is 5.75 Å². The zero-order chi connectivity index (χ0) is 24.0. The lowest BCUT2D eigenvalue weighted by molar-refractivity contribution is 0.312. The molecule has 5 rings (SSSR count). The van der Waals surface area contributed by atoms with Crippen LogP contribution in [0.1, 0.15) is 11.1 Å². The number of halogens is 1. The molecule has 0 saturated heterocycles. The van der Waals surface area contributed by atoms with E-state index in [9.17, 15) is 8.42 Å². The summed E-state index contributed by atoms with van der Waals surface area (Å²) in [7, 11) is -0.289. The van der Waals surface area contributed by atoms with Gasteiger partial charge in [0.1, 0.15) is 10.6 Å². The average molecular weight is 500 g/mol. The van der Waals surface area contributed by atoms with Gasteiger partial charge in [0.25, 0.3) is 0 Å². The number of para-hydroxylation sites is 1. The molecule has 0 aliphatic carbocycles. The number of hydrogen-bond acceptors (Lipinski definition) is 8. The van der Waals surface area contributed by atoms with Crippen molar-refractivity contribution in [2.75, 3.05) is 26.0 Å². The van der Waals surface area contributed by atoms with Crippen molar-refractivity contribution in [3.05, 3.63) is 58.9 Å². The minimum absolute atomic E-state index is 0.00584. The summed E-state index contributed by atoms with van der Waals surface area (Å²) >= 11 is 6.33. The fourth-order valence-electron chi connectivity index (χ4n) is 4.18. The quantitative estimate of drug-likeness (QED) is 0.429. The molecule has 0 radical (unpaired) electrons. The number of anilines is 2. The second-order valence-corrected chi connectivity index (χ2v) is 10.00. The number of primary sulfonamides is 1. The molecule has 0 saturated carbocycles. The van der Waals surface area contributed by atoms with E-state index in [0.29, 0.717) is 22.3 Å². The maximum Gasteiger partial charge on any atom is 0.249 e. The van der Waals surface area contributed by atoms with Crippen molar-refractivity contribution < 1.29 is 13.2 Å². The van der Waals surface area contributed by atoms with E-state index < -0.39 is 10.0 Å². The van der Waals surface area contributed by atoms with Crippen LogP contribution in [0, 0.1) is 0 Å². The van der Waals surface area contributed by atoms with Crippen molar-refractivity contribution in [2.24, 2.45) is 5.14 Å². The number of benzene rings is 2. The van der Waals surface area contributed by atoms with Gasteiger partial charge >= 0.3 is 0 Å². The highest BCUT2D eigenvalue weighted by atomic mass is 35.5. The lowest BCUT2D eigenvalue weighted by Gasteiger charge is -2.26. The number of hydrogen-bond donors (Lipinski definition) is 2. The largest absolute Gasteiger partial charge is 0.495 e. The van der Waals surface area contributed by atoms with Crippen LogP contribution in [0.3, 0.4) is 0 Å². The van der Waals surface area contributed by atoms with Gasteiger partial charge in [-0.05, 0) is 42.8 Å². The van der Waals surface area contributed by atoms with Gasteiger partial charge in [-0.2, -0.15) is 4.98 Å². The average Bonchev–Trinajstić information content (AvgIpc) is 3.20. The molecule has 0 unspecified atom stereocenters. The lowest BCUT2D eigenvalue weighted by atomic mass is 9.99. The molecule has 0 bridgehead atoms. The van der Waals surface area contributed by atoms with Crippen molar-refractivity contribution in [3.63, 3.8) is 0 Å². The van der Waals surface area contributed by atoms with Crippen molar-refractivity contribution in [1.29, 1.82) is 0 Å². The van der Waals surface area contributed by atoms with Crippen molar-refractivity contribution >= 4 is 44.2 Å². The van der Waals surface area contributed by atoms with Crippen LogP contribution < -0.4 is 15.2 Å². The number of methoxy groups -OCH3 is 1. The van der Waals surface area contributed by atoms with E-state index >= 15 is 0 Å². The highest BCUT2D eigenvalue weighted by Gasteiger charge is 2.22. The predicted molar refractivity (Wildman–Crippen MR) is 129 cm³/mol. The summed E-state index contributed by atoms with van der Waals surface area (Å²) in [5.74, 6) is 1.05. The molecule has 3 heterocycles. The van der Waals surface area contributed by atoms with Gasteiger partial charge < -0.3 is 15.0 Å². The molecule has 176 valence electrons. The van der Waals surface area contributed by atoms with Gasteiger partial charge in [0.15, 0.2) is 11.0 Å². The summed E-state index contributed by atoms with van der Waals surface area (Å²) in [6, 6.07) is 11.0. The number of sulfonamides is 1. The van der Waals surface area contributed by atoms with Crippen molar-refractivity contribution in [3.8, 4) is 11.6 Å². The maximum absolute atomic E-state index is 12.1. The van der Waals surface area contributed by atoms with Gasteiger partial charge in [-0.3, -0.25) is 4.57 Å². The highest BCUT2D eigenvalue weighted by Crippen LogP contribution is 2.34. The highest BCUT2D eigenvalue weighted by molar-refractivity contribution is 7.89. The van der Waals surface area contributed by atoms with Crippen LogP contribution in [-0.2, 0) is 23.0 Å². The lowest BCUT2D eigenvalue weighted by Crippen LogP contribution is -2.26. The molecule has 0 atom stereocenters. The standard InChI is InChI=1S/C22H22ClN7O3S/c1-29-8-7-13-10-18(33-2)16(9-14(13)11-29)25-22-26-21(20(23)27-28-22)30-12-19(34(24,31)32)15-5-3-4-6-17(15)30/h3-6,9-10,12H,7-8,11H2,1-2H3,(H2,24,31,32)(H,25,26,28). The van der Waals surface area contributed by atoms with Crippen LogP contribution in [0.2, 0.25) is 5.15 Å². The Morgan fingerprint density at radius 2 is 1.97 bits per heavy atom. The van der Waals surface area contributed by atoms with Crippen LogP contribution in [0.4, 0.5) is 11.6 Å².